The van der Waals surface area contributed by atoms with E-state index < -0.39 is 15.4 Å². The largest absolute Gasteiger partial charge is 0.396 e. The van der Waals surface area contributed by atoms with Gasteiger partial charge in [0.05, 0.1) is 12.9 Å². The number of sulfonamides is 1. The van der Waals surface area contributed by atoms with Gasteiger partial charge in [-0.1, -0.05) is 0 Å². The van der Waals surface area contributed by atoms with E-state index >= 15 is 0 Å². The van der Waals surface area contributed by atoms with Crippen LogP contribution < -0.4 is 0 Å². The second-order valence-electron chi connectivity index (χ2n) is 6.97. The Bertz CT molecular complexity index is 751. The van der Waals surface area contributed by atoms with Gasteiger partial charge in [-0.3, -0.25) is 9.78 Å². The molecule has 0 spiro atoms. The molecule has 8 heteroatoms. The van der Waals surface area contributed by atoms with Crippen molar-refractivity contribution < 1.29 is 18.3 Å². The molecule has 132 valence electrons. The van der Waals surface area contributed by atoms with E-state index in [1.165, 1.54) is 10.6 Å². The molecule has 24 heavy (non-hydrogen) atoms. The van der Waals surface area contributed by atoms with Gasteiger partial charge in [-0.05, 0) is 31.4 Å². The zero-order valence-corrected chi connectivity index (χ0v) is 14.8. The van der Waals surface area contributed by atoms with Crippen molar-refractivity contribution >= 4 is 15.9 Å². The summed E-state index contributed by atoms with van der Waals surface area (Å²) < 4.78 is 25.2. The van der Waals surface area contributed by atoms with E-state index in [1.54, 1.807) is 23.2 Å². The third-order valence-electron chi connectivity index (χ3n) is 5.25. The summed E-state index contributed by atoms with van der Waals surface area (Å²) in [6, 6.07) is 3.43. The SMILES string of the molecule is Cc1cc(C(=O)N2CC[C@H]3CN(S(C)(=O)=O)C[C@@]3(CO)C2)ccn1. The van der Waals surface area contributed by atoms with Gasteiger partial charge in [-0.2, -0.15) is 0 Å². The van der Waals surface area contributed by atoms with Crippen molar-refractivity contribution in [3.8, 4) is 0 Å². The predicted molar refractivity (Wildman–Crippen MR) is 88.9 cm³/mol. The molecule has 2 aliphatic heterocycles. The molecule has 2 saturated heterocycles. The lowest BCUT2D eigenvalue weighted by molar-refractivity contribution is 0.0129. The van der Waals surface area contributed by atoms with Crippen LogP contribution in [-0.4, -0.2) is 72.7 Å². The van der Waals surface area contributed by atoms with Crippen LogP contribution in [0.1, 0.15) is 22.5 Å². The molecular weight excluding hydrogens is 330 g/mol. The molecule has 1 aromatic rings. The number of aliphatic hydroxyl groups is 1. The number of nitrogens with zero attached hydrogens (tertiary/aromatic N) is 3. The number of pyridine rings is 1. The minimum atomic E-state index is -3.29. The third-order valence-corrected chi connectivity index (χ3v) is 6.47. The first-order chi connectivity index (χ1) is 11.2. The van der Waals surface area contributed by atoms with Gasteiger partial charge in [0.1, 0.15) is 0 Å². The van der Waals surface area contributed by atoms with E-state index in [2.05, 4.69) is 4.98 Å². The first kappa shape index (κ1) is 17.3. The number of aliphatic hydroxyl groups excluding tert-OH is 1. The number of aromatic nitrogens is 1. The van der Waals surface area contributed by atoms with Gasteiger partial charge in [0.2, 0.25) is 10.0 Å². The predicted octanol–water partition coefficient (Wildman–Crippen LogP) is 0.106. The highest BCUT2D eigenvalue weighted by Gasteiger charge is 2.52. The van der Waals surface area contributed by atoms with E-state index in [9.17, 15) is 18.3 Å². The summed E-state index contributed by atoms with van der Waals surface area (Å²) >= 11 is 0. The molecule has 2 aliphatic rings. The Morgan fingerprint density at radius 2 is 2.21 bits per heavy atom. The van der Waals surface area contributed by atoms with Crippen LogP contribution in [0.2, 0.25) is 0 Å². The number of likely N-dealkylation sites (tertiary alicyclic amines) is 1. The Hall–Kier alpha value is -1.51. The molecule has 0 saturated carbocycles. The van der Waals surface area contributed by atoms with Crippen LogP contribution in [0.15, 0.2) is 18.3 Å². The smallest absolute Gasteiger partial charge is 0.253 e. The van der Waals surface area contributed by atoms with Crippen LogP contribution in [0.25, 0.3) is 0 Å². The number of carbonyl (C=O) groups is 1. The maximum absolute atomic E-state index is 12.8. The molecule has 1 aromatic heterocycles. The van der Waals surface area contributed by atoms with Crippen LogP contribution in [-0.2, 0) is 10.0 Å². The Kier molecular flexibility index (Phi) is 4.39. The number of fused-ring (bicyclic) bond motifs is 1. The quantitative estimate of drug-likeness (QED) is 0.833. The third kappa shape index (κ3) is 3.05. The fraction of sp³-hybridized carbons (Fsp3) is 0.625. The van der Waals surface area contributed by atoms with Gasteiger partial charge in [0, 0.05) is 49.0 Å². The zero-order valence-electron chi connectivity index (χ0n) is 14.0. The van der Waals surface area contributed by atoms with E-state index in [-0.39, 0.29) is 25.0 Å². The number of aryl methyl sites for hydroxylation is 1. The molecule has 2 atom stereocenters. The Morgan fingerprint density at radius 3 is 2.83 bits per heavy atom. The molecule has 0 aliphatic carbocycles. The van der Waals surface area contributed by atoms with Crippen LogP contribution in [0.5, 0.6) is 0 Å². The number of rotatable bonds is 3. The zero-order chi connectivity index (χ0) is 17.5. The monoisotopic (exact) mass is 353 g/mol. The Labute approximate surface area is 142 Å². The summed E-state index contributed by atoms with van der Waals surface area (Å²) in [4.78, 5) is 18.6. The molecular formula is C16H23N3O4S. The molecule has 7 nitrogen and oxygen atoms in total. The second-order valence-corrected chi connectivity index (χ2v) is 8.96. The van der Waals surface area contributed by atoms with E-state index in [0.29, 0.717) is 31.6 Å². The maximum Gasteiger partial charge on any atom is 0.253 e. The van der Waals surface area contributed by atoms with Gasteiger partial charge in [-0.25, -0.2) is 12.7 Å². The van der Waals surface area contributed by atoms with E-state index in [1.807, 2.05) is 6.92 Å². The fourth-order valence-corrected chi connectivity index (χ4v) is 4.79. The topological polar surface area (TPSA) is 90.8 Å². The summed E-state index contributed by atoms with van der Waals surface area (Å²) in [7, 11) is -3.29. The summed E-state index contributed by atoms with van der Waals surface area (Å²) in [5.74, 6) is -0.00923. The van der Waals surface area contributed by atoms with Crippen molar-refractivity contribution in [3.63, 3.8) is 0 Å². The van der Waals surface area contributed by atoms with Gasteiger partial charge < -0.3 is 10.0 Å². The molecule has 2 fully saturated rings. The summed E-state index contributed by atoms with van der Waals surface area (Å²) in [6.07, 6.45) is 3.50. The first-order valence-electron chi connectivity index (χ1n) is 8.03. The standard InChI is InChI=1S/C16H23N3O4S/c1-12-7-13(3-5-17-12)15(21)18-6-4-14-8-19(24(2,22)23)10-16(14,9-18)11-20/h3,5,7,14,20H,4,6,8-11H2,1-2H3/t14-,16+/m0/s1. The van der Waals surface area contributed by atoms with Crippen molar-refractivity contribution in [1.82, 2.24) is 14.2 Å². The molecule has 3 rings (SSSR count). The molecule has 0 aromatic carbocycles. The molecule has 0 bridgehead atoms. The molecule has 3 heterocycles. The normalized spacial score (nSPS) is 28.0. The lowest BCUT2D eigenvalue weighted by Gasteiger charge is -2.43. The molecule has 0 radical (unpaired) electrons. The van der Waals surface area contributed by atoms with Gasteiger partial charge in [-0.15, -0.1) is 0 Å². The number of amides is 1. The highest BCUT2D eigenvalue weighted by Crippen LogP contribution is 2.42. The Morgan fingerprint density at radius 1 is 1.46 bits per heavy atom. The first-order valence-corrected chi connectivity index (χ1v) is 9.88. The van der Waals surface area contributed by atoms with Crippen molar-refractivity contribution in [2.75, 3.05) is 39.0 Å². The van der Waals surface area contributed by atoms with Crippen molar-refractivity contribution in [1.29, 1.82) is 0 Å². The number of hydrogen-bond donors (Lipinski definition) is 1. The van der Waals surface area contributed by atoms with Gasteiger partial charge >= 0.3 is 0 Å². The van der Waals surface area contributed by atoms with Crippen molar-refractivity contribution in [3.05, 3.63) is 29.6 Å². The fourth-order valence-electron chi connectivity index (χ4n) is 3.85. The van der Waals surface area contributed by atoms with Crippen molar-refractivity contribution in [2.24, 2.45) is 11.3 Å². The lowest BCUT2D eigenvalue weighted by Crippen LogP contribution is -2.52. The van der Waals surface area contributed by atoms with Crippen LogP contribution in [0.3, 0.4) is 0 Å². The van der Waals surface area contributed by atoms with E-state index in [0.717, 1.165) is 5.69 Å². The van der Waals surface area contributed by atoms with Crippen LogP contribution in [0, 0.1) is 18.3 Å². The van der Waals surface area contributed by atoms with Gasteiger partial charge in [0.15, 0.2) is 0 Å². The van der Waals surface area contributed by atoms with E-state index in [4.69, 9.17) is 0 Å². The maximum atomic E-state index is 12.8. The van der Waals surface area contributed by atoms with Crippen LogP contribution >= 0.6 is 0 Å². The van der Waals surface area contributed by atoms with Crippen molar-refractivity contribution in [2.45, 2.75) is 13.3 Å². The minimum Gasteiger partial charge on any atom is -0.396 e. The number of carbonyl (C=O) groups excluding carboxylic acids is 1. The Balaban J connectivity index is 1.82. The summed E-state index contributed by atoms with van der Waals surface area (Å²) in [5.41, 5.74) is 0.780. The lowest BCUT2D eigenvalue weighted by atomic mass is 9.74. The molecule has 1 N–H and O–H groups in total. The van der Waals surface area contributed by atoms with Crippen LogP contribution in [0.4, 0.5) is 0 Å². The number of hydrogen-bond acceptors (Lipinski definition) is 5. The second kappa shape index (κ2) is 6.09. The minimum absolute atomic E-state index is 0.0838. The number of piperidine rings is 1. The van der Waals surface area contributed by atoms with Gasteiger partial charge in [0.25, 0.3) is 5.91 Å². The average molecular weight is 353 g/mol. The summed E-state index contributed by atoms with van der Waals surface area (Å²) in [5, 5.41) is 9.98. The molecule has 0 unspecified atom stereocenters. The molecule has 1 amide bonds. The highest BCUT2D eigenvalue weighted by molar-refractivity contribution is 7.88. The average Bonchev–Trinajstić information content (AvgIpc) is 2.93. The highest BCUT2D eigenvalue weighted by atomic mass is 32.2. The summed E-state index contributed by atoms with van der Waals surface area (Å²) in [6.45, 7) is 3.36.